The number of halogens is 5. The SMILES string of the molecule is CC[C@H](C(=O)NC)N(Cc1ccc(Cl)c(Cl)c1)C(=O)CN(c1cccc(C(F)(F)F)c1)S(=O)(=O)c1ccccc1. The first kappa shape index (κ1) is 31.3. The molecule has 3 aromatic carbocycles. The van der Waals surface area contributed by atoms with Gasteiger partial charge in [0.1, 0.15) is 12.6 Å². The number of amides is 2. The van der Waals surface area contributed by atoms with Gasteiger partial charge in [-0.05, 0) is 54.4 Å². The highest BCUT2D eigenvalue weighted by molar-refractivity contribution is 7.92. The number of benzene rings is 3. The Bertz CT molecular complexity index is 1470. The monoisotopic (exact) mass is 615 g/mol. The van der Waals surface area contributed by atoms with E-state index in [9.17, 15) is 31.2 Å². The summed E-state index contributed by atoms with van der Waals surface area (Å²) < 4.78 is 68.5. The first-order chi connectivity index (χ1) is 18.8. The molecule has 0 spiro atoms. The number of sulfonamides is 1. The number of nitrogens with one attached hydrogen (secondary N) is 1. The van der Waals surface area contributed by atoms with E-state index in [0.29, 0.717) is 15.9 Å². The summed E-state index contributed by atoms with van der Waals surface area (Å²) in [6.45, 7) is 0.636. The molecular formula is C27H26Cl2F3N3O4S. The predicted molar refractivity (Wildman–Crippen MR) is 148 cm³/mol. The number of hydrogen-bond donors (Lipinski definition) is 1. The smallest absolute Gasteiger partial charge is 0.357 e. The third kappa shape index (κ3) is 7.26. The van der Waals surface area contributed by atoms with Crippen LogP contribution < -0.4 is 9.62 Å². The Hall–Kier alpha value is -3.28. The number of alkyl halides is 3. The van der Waals surface area contributed by atoms with Crippen molar-refractivity contribution in [2.24, 2.45) is 0 Å². The molecule has 0 heterocycles. The van der Waals surface area contributed by atoms with Gasteiger partial charge in [-0.3, -0.25) is 13.9 Å². The lowest BCUT2D eigenvalue weighted by Gasteiger charge is -2.33. The molecule has 0 aliphatic heterocycles. The minimum absolute atomic E-state index is 0.149. The van der Waals surface area contributed by atoms with E-state index in [1.165, 1.54) is 54.4 Å². The van der Waals surface area contributed by atoms with Crippen LogP contribution in [0.4, 0.5) is 18.9 Å². The molecule has 0 fully saturated rings. The van der Waals surface area contributed by atoms with Crippen molar-refractivity contribution in [2.45, 2.75) is 37.0 Å². The standard InChI is InChI=1S/C27H26Cl2F3N3O4S/c1-3-24(26(37)33-2)34(16-18-12-13-22(28)23(29)14-18)25(36)17-35(40(38,39)21-10-5-4-6-11-21)20-9-7-8-19(15-20)27(30,31)32/h4-15,24H,3,16-17H2,1-2H3,(H,33,37)/t24-/m1/s1. The molecule has 0 aromatic heterocycles. The quantitative estimate of drug-likeness (QED) is 0.314. The summed E-state index contributed by atoms with van der Waals surface area (Å²) in [7, 11) is -3.12. The number of anilines is 1. The number of nitrogens with zero attached hydrogens (tertiary/aromatic N) is 2. The minimum atomic E-state index is -4.76. The molecular weight excluding hydrogens is 590 g/mol. The van der Waals surface area contributed by atoms with E-state index in [0.717, 1.165) is 12.1 Å². The lowest BCUT2D eigenvalue weighted by Crippen LogP contribution is -2.51. The van der Waals surface area contributed by atoms with Crippen LogP contribution in [0.2, 0.25) is 10.0 Å². The van der Waals surface area contributed by atoms with Gasteiger partial charge in [0, 0.05) is 13.6 Å². The van der Waals surface area contributed by atoms with Crippen LogP contribution in [0.5, 0.6) is 0 Å². The Labute approximate surface area is 240 Å². The average molecular weight is 616 g/mol. The van der Waals surface area contributed by atoms with Gasteiger partial charge < -0.3 is 10.2 Å². The maximum atomic E-state index is 13.8. The van der Waals surface area contributed by atoms with E-state index in [-0.39, 0.29) is 33.6 Å². The molecule has 0 radical (unpaired) electrons. The molecule has 214 valence electrons. The first-order valence-corrected chi connectivity index (χ1v) is 14.2. The second kappa shape index (κ2) is 12.9. The largest absolute Gasteiger partial charge is 0.416 e. The van der Waals surface area contributed by atoms with Gasteiger partial charge in [0.15, 0.2) is 0 Å². The molecule has 1 N–H and O–H groups in total. The molecule has 40 heavy (non-hydrogen) atoms. The van der Waals surface area contributed by atoms with Crippen molar-refractivity contribution in [3.05, 3.63) is 94.0 Å². The van der Waals surface area contributed by atoms with Gasteiger partial charge >= 0.3 is 6.18 Å². The van der Waals surface area contributed by atoms with Crippen LogP contribution in [0, 0.1) is 0 Å². The fourth-order valence-corrected chi connectivity index (χ4v) is 5.75. The van der Waals surface area contributed by atoms with Crippen molar-refractivity contribution in [3.8, 4) is 0 Å². The highest BCUT2D eigenvalue weighted by Crippen LogP contribution is 2.33. The van der Waals surface area contributed by atoms with Crippen molar-refractivity contribution in [1.82, 2.24) is 10.2 Å². The fourth-order valence-electron chi connectivity index (χ4n) is 4.01. The molecule has 0 saturated carbocycles. The predicted octanol–water partition coefficient (Wildman–Crippen LogP) is 5.76. The zero-order chi connectivity index (χ0) is 29.7. The van der Waals surface area contributed by atoms with Crippen LogP contribution >= 0.6 is 23.2 Å². The van der Waals surface area contributed by atoms with Crippen molar-refractivity contribution in [3.63, 3.8) is 0 Å². The molecule has 1 atom stereocenters. The summed E-state index contributed by atoms with van der Waals surface area (Å²) in [5.41, 5.74) is -0.952. The molecule has 7 nitrogen and oxygen atoms in total. The Balaban J connectivity index is 2.11. The van der Waals surface area contributed by atoms with Crippen LogP contribution in [-0.4, -0.2) is 44.8 Å². The van der Waals surface area contributed by atoms with Gasteiger partial charge in [-0.15, -0.1) is 0 Å². The van der Waals surface area contributed by atoms with Crippen LogP contribution in [0.15, 0.2) is 77.7 Å². The molecule has 2 amide bonds. The summed E-state index contributed by atoms with van der Waals surface area (Å²) in [5, 5.41) is 2.96. The van der Waals surface area contributed by atoms with Gasteiger partial charge in [0.05, 0.1) is 26.2 Å². The third-order valence-corrected chi connectivity index (χ3v) is 8.57. The van der Waals surface area contributed by atoms with Crippen LogP contribution in [0.1, 0.15) is 24.5 Å². The molecule has 0 bridgehead atoms. The maximum absolute atomic E-state index is 13.8. The number of likely N-dealkylation sites (N-methyl/N-ethyl adjacent to an activating group) is 1. The second-order valence-corrected chi connectivity index (χ2v) is 11.4. The summed E-state index contributed by atoms with van der Waals surface area (Å²) in [5.74, 6) is -1.33. The highest BCUT2D eigenvalue weighted by Gasteiger charge is 2.35. The summed E-state index contributed by atoms with van der Waals surface area (Å²) in [6, 6.07) is 14.3. The lowest BCUT2D eigenvalue weighted by atomic mass is 10.1. The summed E-state index contributed by atoms with van der Waals surface area (Å²) in [6.07, 6.45) is -4.59. The van der Waals surface area contributed by atoms with Crippen LogP contribution in [0.25, 0.3) is 0 Å². The number of carbonyl (C=O) groups is 2. The van der Waals surface area contributed by atoms with Gasteiger partial charge in [0.25, 0.3) is 10.0 Å². The van der Waals surface area contributed by atoms with Gasteiger partial charge in [0.2, 0.25) is 11.8 Å². The van der Waals surface area contributed by atoms with E-state index in [2.05, 4.69) is 5.32 Å². The number of carbonyl (C=O) groups excluding carboxylic acids is 2. The Morgan fingerprint density at radius 1 is 0.950 bits per heavy atom. The van der Waals surface area contributed by atoms with E-state index in [1.54, 1.807) is 19.1 Å². The number of hydrogen-bond acceptors (Lipinski definition) is 4. The molecule has 0 saturated heterocycles. The van der Waals surface area contributed by atoms with E-state index in [1.807, 2.05) is 0 Å². The van der Waals surface area contributed by atoms with Crippen LogP contribution in [-0.2, 0) is 32.3 Å². The Morgan fingerprint density at radius 3 is 2.20 bits per heavy atom. The zero-order valence-electron chi connectivity index (χ0n) is 21.5. The third-order valence-electron chi connectivity index (χ3n) is 6.04. The topological polar surface area (TPSA) is 86.8 Å². The van der Waals surface area contributed by atoms with E-state index in [4.69, 9.17) is 23.2 Å². The maximum Gasteiger partial charge on any atom is 0.416 e. The summed E-state index contributed by atoms with van der Waals surface area (Å²) in [4.78, 5) is 27.5. The Morgan fingerprint density at radius 2 is 1.62 bits per heavy atom. The zero-order valence-corrected chi connectivity index (χ0v) is 23.8. The molecule has 3 aromatic rings. The normalized spacial score (nSPS) is 12.5. The van der Waals surface area contributed by atoms with Crippen LogP contribution in [0.3, 0.4) is 0 Å². The minimum Gasteiger partial charge on any atom is -0.357 e. The summed E-state index contributed by atoms with van der Waals surface area (Å²) >= 11 is 12.1. The van der Waals surface area contributed by atoms with Crippen molar-refractivity contribution >= 4 is 50.7 Å². The fraction of sp³-hybridized carbons (Fsp3) is 0.259. The molecule has 13 heteroatoms. The molecule has 0 aliphatic carbocycles. The molecule has 0 aliphatic rings. The molecule has 3 rings (SSSR count). The average Bonchev–Trinajstić information content (AvgIpc) is 2.93. The highest BCUT2D eigenvalue weighted by atomic mass is 35.5. The van der Waals surface area contributed by atoms with Crippen molar-refractivity contribution < 1.29 is 31.2 Å². The lowest BCUT2D eigenvalue weighted by molar-refractivity contribution is -0.140. The van der Waals surface area contributed by atoms with E-state index < -0.39 is 46.2 Å². The van der Waals surface area contributed by atoms with Gasteiger partial charge in [-0.2, -0.15) is 13.2 Å². The molecule has 0 unspecified atom stereocenters. The first-order valence-electron chi connectivity index (χ1n) is 12.0. The van der Waals surface area contributed by atoms with Crippen molar-refractivity contribution in [2.75, 3.05) is 17.9 Å². The van der Waals surface area contributed by atoms with Crippen molar-refractivity contribution in [1.29, 1.82) is 0 Å². The second-order valence-electron chi connectivity index (χ2n) is 8.68. The van der Waals surface area contributed by atoms with E-state index >= 15 is 0 Å². The van der Waals surface area contributed by atoms with Gasteiger partial charge in [-0.25, -0.2) is 8.42 Å². The number of rotatable bonds is 10. The Kier molecular flexibility index (Phi) is 10.1. The van der Waals surface area contributed by atoms with Gasteiger partial charge in [-0.1, -0.05) is 60.5 Å².